The number of hydrogen-bond acceptors (Lipinski definition) is 5. The predicted octanol–water partition coefficient (Wildman–Crippen LogP) is 2.24. The third-order valence-electron chi connectivity index (χ3n) is 2.52. The first-order valence-electron chi connectivity index (χ1n) is 5.78. The number of esters is 2. The molecule has 1 aromatic carbocycles. The van der Waals surface area contributed by atoms with E-state index in [9.17, 15) is 22.8 Å². The summed E-state index contributed by atoms with van der Waals surface area (Å²) in [5.41, 5.74) is -0.981. The predicted molar refractivity (Wildman–Crippen MR) is 64.3 cm³/mol. The third kappa shape index (κ3) is 2.99. The van der Waals surface area contributed by atoms with Gasteiger partial charge in [-0.25, -0.2) is 22.8 Å². The van der Waals surface area contributed by atoms with E-state index in [1.54, 1.807) is 0 Å². The van der Waals surface area contributed by atoms with E-state index >= 15 is 0 Å². The molecule has 1 aromatic rings. The molecule has 1 heterocycles. The van der Waals surface area contributed by atoms with Crippen molar-refractivity contribution in [1.82, 2.24) is 0 Å². The van der Waals surface area contributed by atoms with Gasteiger partial charge in [-0.05, 0) is 12.1 Å². The monoisotopic (exact) mass is 301 g/mol. The molecule has 0 saturated carbocycles. The molecule has 5 nitrogen and oxygen atoms in total. The van der Waals surface area contributed by atoms with Crippen molar-refractivity contribution < 1.29 is 32.2 Å². The second-order valence-electron chi connectivity index (χ2n) is 4.60. The number of benzene rings is 1. The van der Waals surface area contributed by atoms with E-state index in [-0.39, 0.29) is 0 Å². The topological polar surface area (TPSA) is 64.6 Å². The van der Waals surface area contributed by atoms with Crippen LogP contribution in [0.2, 0.25) is 0 Å². The molecular formula is C13H10F3NO4. The Morgan fingerprint density at radius 3 is 2.19 bits per heavy atom. The van der Waals surface area contributed by atoms with Gasteiger partial charge in [0.05, 0.1) is 5.69 Å². The van der Waals surface area contributed by atoms with Crippen molar-refractivity contribution >= 4 is 17.6 Å². The van der Waals surface area contributed by atoms with Crippen molar-refractivity contribution in [3.8, 4) is 0 Å². The Morgan fingerprint density at radius 2 is 1.62 bits per heavy atom. The minimum absolute atomic E-state index is 0.452. The molecule has 0 amide bonds. The van der Waals surface area contributed by atoms with Crippen molar-refractivity contribution in [1.29, 1.82) is 0 Å². The van der Waals surface area contributed by atoms with Gasteiger partial charge in [0, 0.05) is 20.0 Å². The van der Waals surface area contributed by atoms with Crippen LogP contribution < -0.4 is 5.32 Å². The average molecular weight is 301 g/mol. The minimum atomic E-state index is -1.67. The molecule has 0 radical (unpaired) electrons. The fourth-order valence-electron chi connectivity index (χ4n) is 1.57. The van der Waals surface area contributed by atoms with Gasteiger partial charge in [0.2, 0.25) is 0 Å². The van der Waals surface area contributed by atoms with Crippen LogP contribution in [-0.4, -0.2) is 17.7 Å². The maximum atomic E-state index is 13.4. The first-order chi connectivity index (χ1) is 9.71. The molecular weight excluding hydrogens is 291 g/mol. The number of carbonyl (C=O) groups excluding carboxylic acids is 2. The number of anilines is 1. The summed E-state index contributed by atoms with van der Waals surface area (Å²) in [5, 5.41) is 2.19. The van der Waals surface area contributed by atoms with Crippen LogP contribution in [0.1, 0.15) is 13.8 Å². The van der Waals surface area contributed by atoms with E-state index in [0.717, 1.165) is 12.3 Å². The van der Waals surface area contributed by atoms with Crippen molar-refractivity contribution in [2.24, 2.45) is 0 Å². The van der Waals surface area contributed by atoms with Crippen molar-refractivity contribution in [3.63, 3.8) is 0 Å². The van der Waals surface area contributed by atoms with Gasteiger partial charge in [0.15, 0.2) is 23.0 Å². The second kappa shape index (κ2) is 5.12. The highest BCUT2D eigenvalue weighted by molar-refractivity contribution is 6.15. The Balaban J connectivity index is 2.24. The molecule has 1 aliphatic heterocycles. The Kier molecular flexibility index (Phi) is 3.63. The smallest absolute Gasteiger partial charge is 0.350 e. The first-order valence-corrected chi connectivity index (χ1v) is 5.78. The highest BCUT2D eigenvalue weighted by atomic mass is 19.2. The lowest BCUT2D eigenvalue weighted by atomic mass is 10.2. The number of ether oxygens (including phenoxy) is 2. The molecule has 21 heavy (non-hydrogen) atoms. The van der Waals surface area contributed by atoms with Gasteiger partial charge in [0.1, 0.15) is 0 Å². The molecule has 0 aromatic heterocycles. The zero-order valence-corrected chi connectivity index (χ0v) is 11.0. The van der Waals surface area contributed by atoms with Crippen molar-refractivity contribution in [2.45, 2.75) is 19.6 Å². The van der Waals surface area contributed by atoms with Gasteiger partial charge in [0.25, 0.3) is 5.79 Å². The minimum Gasteiger partial charge on any atom is -0.419 e. The van der Waals surface area contributed by atoms with Gasteiger partial charge in [-0.15, -0.1) is 0 Å². The Hall–Kier alpha value is -2.51. The summed E-state index contributed by atoms with van der Waals surface area (Å²) in [7, 11) is 0. The van der Waals surface area contributed by atoms with Crippen LogP contribution in [0, 0.1) is 17.5 Å². The SMILES string of the molecule is CC1(C)OC(=O)C(=CNc2ccc(F)c(F)c2F)C(=O)O1. The molecule has 0 unspecified atom stereocenters. The van der Waals surface area contributed by atoms with Crippen molar-refractivity contribution in [3.05, 3.63) is 41.4 Å². The number of halogens is 3. The van der Waals surface area contributed by atoms with Gasteiger partial charge < -0.3 is 14.8 Å². The van der Waals surface area contributed by atoms with Gasteiger partial charge >= 0.3 is 11.9 Å². The fraction of sp³-hybridized carbons (Fsp3) is 0.231. The molecule has 1 aliphatic rings. The molecule has 2 rings (SSSR count). The second-order valence-corrected chi connectivity index (χ2v) is 4.60. The first kappa shape index (κ1) is 14.9. The molecule has 0 atom stereocenters. The molecule has 0 bridgehead atoms. The molecule has 0 aliphatic carbocycles. The molecule has 0 spiro atoms. The third-order valence-corrected chi connectivity index (χ3v) is 2.52. The Morgan fingerprint density at radius 1 is 1.05 bits per heavy atom. The Bertz CT molecular complexity index is 633. The number of hydrogen-bond donors (Lipinski definition) is 1. The zero-order chi connectivity index (χ0) is 15.8. The van der Waals surface area contributed by atoms with Crippen LogP contribution in [0.25, 0.3) is 0 Å². The summed E-state index contributed by atoms with van der Waals surface area (Å²) in [6.45, 7) is 2.73. The van der Waals surface area contributed by atoms with Gasteiger partial charge in [-0.3, -0.25) is 0 Å². The van der Waals surface area contributed by atoms with E-state index < -0.39 is 46.4 Å². The number of nitrogens with one attached hydrogen (secondary N) is 1. The van der Waals surface area contributed by atoms with E-state index in [1.807, 2.05) is 0 Å². The van der Waals surface area contributed by atoms with Crippen LogP contribution in [-0.2, 0) is 19.1 Å². The highest BCUT2D eigenvalue weighted by Crippen LogP contribution is 2.24. The number of rotatable bonds is 2. The van der Waals surface area contributed by atoms with Crippen LogP contribution in [0.3, 0.4) is 0 Å². The van der Waals surface area contributed by atoms with E-state index in [1.165, 1.54) is 13.8 Å². The van der Waals surface area contributed by atoms with Crippen LogP contribution in [0.4, 0.5) is 18.9 Å². The fourth-order valence-corrected chi connectivity index (χ4v) is 1.57. The number of carbonyl (C=O) groups is 2. The quantitative estimate of drug-likeness (QED) is 0.393. The summed E-state index contributed by atoms with van der Waals surface area (Å²) in [6, 6.07) is 1.61. The van der Waals surface area contributed by atoms with Crippen LogP contribution in [0.5, 0.6) is 0 Å². The summed E-state index contributed by atoms with van der Waals surface area (Å²) in [4.78, 5) is 23.2. The van der Waals surface area contributed by atoms with Crippen molar-refractivity contribution in [2.75, 3.05) is 5.32 Å². The van der Waals surface area contributed by atoms with Crippen LogP contribution >= 0.6 is 0 Å². The molecule has 1 saturated heterocycles. The normalized spacial score (nSPS) is 17.1. The van der Waals surface area contributed by atoms with Gasteiger partial charge in [-0.1, -0.05) is 0 Å². The van der Waals surface area contributed by atoms with Crippen LogP contribution in [0.15, 0.2) is 23.9 Å². The van der Waals surface area contributed by atoms with E-state index in [4.69, 9.17) is 9.47 Å². The number of cyclic esters (lactones) is 2. The molecule has 8 heteroatoms. The van der Waals surface area contributed by atoms with E-state index in [2.05, 4.69) is 5.32 Å². The van der Waals surface area contributed by atoms with E-state index in [0.29, 0.717) is 6.07 Å². The maximum Gasteiger partial charge on any atom is 0.350 e. The summed E-state index contributed by atoms with van der Waals surface area (Å²) in [5.74, 6) is -7.88. The lowest BCUT2D eigenvalue weighted by Crippen LogP contribution is -2.42. The highest BCUT2D eigenvalue weighted by Gasteiger charge is 2.39. The zero-order valence-electron chi connectivity index (χ0n) is 11.0. The molecule has 112 valence electrons. The largest absolute Gasteiger partial charge is 0.419 e. The summed E-state index contributed by atoms with van der Waals surface area (Å²) < 4.78 is 48.8. The molecule has 1 fully saturated rings. The maximum absolute atomic E-state index is 13.4. The summed E-state index contributed by atoms with van der Waals surface area (Å²) in [6.07, 6.45) is 0.801. The average Bonchev–Trinajstić information content (AvgIpc) is 2.36. The Labute approximate surface area is 117 Å². The summed E-state index contributed by atoms with van der Waals surface area (Å²) >= 11 is 0. The molecule has 1 N–H and O–H groups in total. The van der Waals surface area contributed by atoms with Gasteiger partial charge in [-0.2, -0.15) is 0 Å². The standard InChI is InChI=1S/C13H10F3NO4/c1-13(2)20-11(18)6(12(19)21-13)5-17-8-4-3-7(14)9(15)10(8)16/h3-5,17H,1-2H3. The lowest BCUT2D eigenvalue weighted by Gasteiger charge is -2.29. The lowest BCUT2D eigenvalue weighted by molar-refractivity contribution is -0.222.